The third kappa shape index (κ3) is 4.68. The number of benzene rings is 2. The SMILES string of the molecule is CN(C)CCc1c[nH]c2ccc(CNc3ncc(Cc4ccc5[nH]ccc5c4)c(N)n3)cc12. The standard InChI is InChI=1S/C26H29N7/c1-33(2)10-8-20-15-29-24-6-4-18(13-22(20)24)14-30-26-31-16-21(25(27)32-26)12-17-3-5-23-19(11-17)7-9-28-23/h3-7,9,11,13,15-16,28-29H,8,10,12,14H2,1-2H3,(H3,27,30,31,32). The van der Waals surface area contributed by atoms with Gasteiger partial charge in [-0.1, -0.05) is 12.1 Å². The molecule has 33 heavy (non-hydrogen) atoms. The van der Waals surface area contributed by atoms with Gasteiger partial charge in [0.1, 0.15) is 5.82 Å². The van der Waals surface area contributed by atoms with Gasteiger partial charge in [0.2, 0.25) is 5.95 Å². The lowest BCUT2D eigenvalue weighted by Gasteiger charge is -2.10. The molecule has 0 aliphatic rings. The van der Waals surface area contributed by atoms with E-state index >= 15 is 0 Å². The van der Waals surface area contributed by atoms with E-state index in [4.69, 9.17) is 5.73 Å². The maximum absolute atomic E-state index is 6.26. The minimum absolute atomic E-state index is 0.508. The first-order chi connectivity index (χ1) is 16.0. The van der Waals surface area contributed by atoms with Gasteiger partial charge in [-0.05, 0) is 72.9 Å². The summed E-state index contributed by atoms with van der Waals surface area (Å²) in [6.45, 7) is 1.66. The molecule has 0 unspecified atom stereocenters. The number of rotatable bonds is 8. The number of nitrogens with zero attached hydrogens (tertiary/aromatic N) is 3. The summed E-state index contributed by atoms with van der Waals surface area (Å²) >= 11 is 0. The lowest BCUT2D eigenvalue weighted by molar-refractivity contribution is 0.414. The number of anilines is 2. The second-order valence-electron chi connectivity index (χ2n) is 8.78. The molecule has 0 radical (unpaired) electrons. The Morgan fingerprint density at radius 2 is 1.82 bits per heavy atom. The van der Waals surface area contributed by atoms with Gasteiger partial charge in [0.25, 0.3) is 0 Å². The van der Waals surface area contributed by atoms with Crippen LogP contribution in [0.15, 0.2) is 61.1 Å². The van der Waals surface area contributed by atoms with E-state index in [0.717, 1.165) is 29.6 Å². The Morgan fingerprint density at radius 3 is 2.67 bits per heavy atom. The summed E-state index contributed by atoms with van der Waals surface area (Å²) in [7, 11) is 4.20. The fraction of sp³-hybridized carbons (Fsp3) is 0.231. The Balaban J connectivity index is 1.26. The molecule has 0 saturated heterocycles. The zero-order chi connectivity index (χ0) is 22.8. The van der Waals surface area contributed by atoms with Crippen molar-refractivity contribution in [2.75, 3.05) is 31.7 Å². The first-order valence-electron chi connectivity index (χ1n) is 11.2. The second kappa shape index (κ2) is 8.96. The number of nitrogen functional groups attached to an aromatic ring is 1. The number of aromatic amines is 2. The molecule has 0 saturated carbocycles. The second-order valence-corrected chi connectivity index (χ2v) is 8.78. The molecule has 0 bridgehead atoms. The third-order valence-corrected chi connectivity index (χ3v) is 6.02. The van der Waals surface area contributed by atoms with Gasteiger partial charge in [-0.2, -0.15) is 4.98 Å². The van der Waals surface area contributed by atoms with E-state index in [1.165, 1.54) is 27.5 Å². The smallest absolute Gasteiger partial charge is 0.224 e. The van der Waals surface area contributed by atoms with E-state index in [2.05, 4.69) is 92.9 Å². The molecule has 5 aromatic rings. The van der Waals surface area contributed by atoms with Gasteiger partial charge in [0.05, 0.1) is 0 Å². The van der Waals surface area contributed by atoms with Crippen LogP contribution in [0.2, 0.25) is 0 Å². The largest absolute Gasteiger partial charge is 0.383 e. The monoisotopic (exact) mass is 439 g/mol. The molecule has 7 heteroatoms. The van der Waals surface area contributed by atoms with Crippen molar-refractivity contribution in [2.24, 2.45) is 0 Å². The molecule has 5 rings (SSSR count). The van der Waals surface area contributed by atoms with Crippen molar-refractivity contribution >= 4 is 33.6 Å². The molecule has 0 spiro atoms. The molecule has 168 valence electrons. The Kier molecular flexibility index (Phi) is 5.71. The predicted octanol–water partition coefficient (Wildman–Crippen LogP) is 4.33. The van der Waals surface area contributed by atoms with Gasteiger partial charge >= 0.3 is 0 Å². The van der Waals surface area contributed by atoms with Gasteiger partial charge < -0.3 is 25.9 Å². The molecule has 0 aliphatic heterocycles. The molecule has 2 aromatic carbocycles. The lowest BCUT2D eigenvalue weighted by atomic mass is 10.1. The van der Waals surface area contributed by atoms with Crippen LogP contribution >= 0.6 is 0 Å². The van der Waals surface area contributed by atoms with E-state index in [1.807, 2.05) is 12.4 Å². The molecule has 7 nitrogen and oxygen atoms in total. The highest BCUT2D eigenvalue weighted by molar-refractivity contribution is 5.84. The summed E-state index contributed by atoms with van der Waals surface area (Å²) in [5, 5.41) is 5.77. The van der Waals surface area contributed by atoms with Crippen molar-refractivity contribution < 1.29 is 0 Å². The molecule has 0 aliphatic carbocycles. The van der Waals surface area contributed by atoms with Gasteiger partial charge in [-0.3, -0.25) is 0 Å². The zero-order valence-corrected chi connectivity index (χ0v) is 19.0. The van der Waals surface area contributed by atoms with E-state index < -0.39 is 0 Å². The Hall–Kier alpha value is -3.84. The van der Waals surface area contributed by atoms with Crippen LogP contribution in [0, 0.1) is 0 Å². The van der Waals surface area contributed by atoms with Crippen molar-refractivity contribution in [1.82, 2.24) is 24.8 Å². The number of aromatic nitrogens is 4. The fourth-order valence-electron chi connectivity index (χ4n) is 4.14. The van der Waals surface area contributed by atoms with Crippen LogP contribution in [0.4, 0.5) is 11.8 Å². The molecule has 0 amide bonds. The normalized spacial score (nSPS) is 11.6. The zero-order valence-electron chi connectivity index (χ0n) is 19.0. The summed E-state index contributed by atoms with van der Waals surface area (Å²) in [6, 6.07) is 14.9. The third-order valence-electron chi connectivity index (χ3n) is 6.02. The Bertz CT molecular complexity index is 1400. The van der Waals surface area contributed by atoms with Gasteiger partial charge in [-0.15, -0.1) is 0 Å². The molecule has 3 aromatic heterocycles. The topological polar surface area (TPSA) is 98.7 Å². The van der Waals surface area contributed by atoms with Crippen LogP contribution < -0.4 is 11.1 Å². The Labute approximate surface area is 193 Å². The first-order valence-corrected chi connectivity index (χ1v) is 11.2. The average molecular weight is 440 g/mol. The quantitative estimate of drug-likeness (QED) is 0.288. The number of H-pyrrole nitrogens is 2. The summed E-state index contributed by atoms with van der Waals surface area (Å²) < 4.78 is 0. The van der Waals surface area contributed by atoms with Crippen LogP contribution in [0.3, 0.4) is 0 Å². The van der Waals surface area contributed by atoms with E-state index in [0.29, 0.717) is 24.7 Å². The van der Waals surface area contributed by atoms with Crippen LogP contribution in [0.25, 0.3) is 21.8 Å². The van der Waals surface area contributed by atoms with E-state index in [1.54, 1.807) is 0 Å². The number of fused-ring (bicyclic) bond motifs is 2. The number of likely N-dealkylation sites (N-methyl/N-ethyl adjacent to an activating group) is 1. The van der Waals surface area contributed by atoms with Crippen LogP contribution in [0.5, 0.6) is 0 Å². The Morgan fingerprint density at radius 1 is 0.970 bits per heavy atom. The molecular formula is C26H29N7. The summed E-state index contributed by atoms with van der Waals surface area (Å²) in [4.78, 5) is 17.8. The molecule has 0 atom stereocenters. The molecule has 3 heterocycles. The van der Waals surface area contributed by atoms with E-state index in [-0.39, 0.29) is 0 Å². The highest BCUT2D eigenvalue weighted by atomic mass is 15.1. The van der Waals surface area contributed by atoms with Crippen molar-refractivity contribution in [2.45, 2.75) is 19.4 Å². The minimum atomic E-state index is 0.508. The minimum Gasteiger partial charge on any atom is -0.383 e. The maximum atomic E-state index is 6.26. The number of hydrogen-bond acceptors (Lipinski definition) is 5. The van der Waals surface area contributed by atoms with Crippen LogP contribution in [-0.4, -0.2) is 45.5 Å². The highest BCUT2D eigenvalue weighted by Crippen LogP contribution is 2.22. The number of nitrogens with one attached hydrogen (secondary N) is 3. The molecule has 0 fully saturated rings. The number of hydrogen-bond donors (Lipinski definition) is 4. The van der Waals surface area contributed by atoms with Gasteiger partial charge in [0, 0.05) is 60.1 Å². The molecular weight excluding hydrogens is 410 g/mol. The van der Waals surface area contributed by atoms with Crippen molar-refractivity contribution in [1.29, 1.82) is 0 Å². The maximum Gasteiger partial charge on any atom is 0.224 e. The average Bonchev–Trinajstić information content (AvgIpc) is 3.44. The molecule has 5 N–H and O–H groups in total. The van der Waals surface area contributed by atoms with Gasteiger partial charge in [-0.25, -0.2) is 4.98 Å². The van der Waals surface area contributed by atoms with Crippen molar-refractivity contribution in [3.05, 3.63) is 83.3 Å². The summed E-state index contributed by atoms with van der Waals surface area (Å²) in [6.07, 6.45) is 7.60. The summed E-state index contributed by atoms with van der Waals surface area (Å²) in [5.41, 5.74) is 13.2. The van der Waals surface area contributed by atoms with Crippen molar-refractivity contribution in [3.63, 3.8) is 0 Å². The number of nitrogens with two attached hydrogens (primary N) is 1. The summed E-state index contributed by atoms with van der Waals surface area (Å²) in [5.74, 6) is 1.05. The van der Waals surface area contributed by atoms with Crippen LogP contribution in [-0.2, 0) is 19.4 Å². The fourth-order valence-corrected chi connectivity index (χ4v) is 4.14. The van der Waals surface area contributed by atoms with Crippen LogP contribution in [0.1, 0.15) is 22.3 Å². The van der Waals surface area contributed by atoms with Gasteiger partial charge in [0.15, 0.2) is 0 Å². The van der Waals surface area contributed by atoms with Crippen molar-refractivity contribution in [3.8, 4) is 0 Å². The lowest BCUT2D eigenvalue weighted by Crippen LogP contribution is -2.14. The highest BCUT2D eigenvalue weighted by Gasteiger charge is 2.08. The predicted molar refractivity (Wildman–Crippen MR) is 135 cm³/mol. The first kappa shape index (κ1) is 21.0. The van der Waals surface area contributed by atoms with E-state index in [9.17, 15) is 0 Å².